The first-order chi connectivity index (χ1) is 9.95. The summed E-state index contributed by atoms with van der Waals surface area (Å²) in [6, 6.07) is 3.15. The fourth-order valence-electron chi connectivity index (χ4n) is 2.69. The first-order valence-corrected chi connectivity index (χ1v) is 7.83. The number of nitrogens with one attached hydrogen (secondary N) is 1. The monoisotopic (exact) mass is 353 g/mol. The number of nitrogen functional groups attached to an aromatic ring is 1. The Bertz CT molecular complexity index is 574. The van der Waals surface area contributed by atoms with E-state index in [1.54, 1.807) is 24.1 Å². The van der Waals surface area contributed by atoms with E-state index < -0.39 is 6.04 Å². The van der Waals surface area contributed by atoms with Gasteiger partial charge in [0.15, 0.2) is 0 Å². The van der Waals surface area contributed by atoms with Gasteiger partial charge in [-0.1, -0.05) is 15.9 Å². The van der Waals surface area contributed by atoms with Crippen LogP contribution in [-0.4, -0.2) is 36.3 Å². The van der Waals surface area contributed by atoms with Gasteiger partial charge in [0.1, 0.15) is 6.04 Å². The summed E-state index contributed by atoms with van der Waals surface area (Å²) in [6.45, 7) is 2.43. The van der Waals surface area contributed by atoms with E-state index in [4.69, 9.17) is 5.73 Å². The van der Waals surface area contributed by atoms with Gasteiger partial charge in [-0.05, 0) is 43.9 Å². The van der Waals surface area contributed by atoms with E-state index in [-0.39, 0.29) is 11.8 Å². The van der Waals surface area contributed by atoms with Crippen LogP contribution in [0, 0.1) is 6.92 Å². The zero-order valence-electron chi connectivity index (χ0n) is 12.3. The molecule has 1 aromatic carbocycles. The lowest BCUT2D eigenvalue weighted by molar-refractivity contribution is -0.126. The fourth-order valence-corrected chi connectivity index (χ4v) is 3.17. The van der Waals surface area contributed by atoms with Gasteiger partial charge in [-0.2, -0.15) is 0 Å². The molecule has 1 saturated heterocycles. The van der Waals surface area contributed by atoms with Crippen LogP contribution in [0.1, 0.15) is 35.2 Å². The maximum absolute atomic E-state index is 12.8. The average Bonchev–Trinajstić information content (AvgIpc) is 2.49. The number of benzene rings is 1. The second kappa shape index (κ2) is 6.47. The molecule has 1 atom stereocenters. The van der Waals surface area contributed by atoms with Gasteiger partial charge in [-0.25, -0.2) is 0 Å². The van der Waals surface area contributed by atoms with Gasteiger partial charge < -0.3 is 16.0 Å². The second-order valence-corrected chi connectivity index (χ2v) is 6.21. The van der Waals surface area contributed by atoms with Crippen LogP contribution in [0.2, 0.25) is 0 Å². The minimum absolute atomic E-state index is 0.108. The van der Waals surface area contributed by atoms with Crippen molar-refractivity contribution < 1.29 is 9.59 Å². The first kappa shape index (κ1) is 15.8. The summed E-state index contributed by atoms with van der Waals surface area (Å²) < 4.78 is 0.766. The predicted molar refractivity (Wildman–Crippen MR) is 86.0 cm³/mol. The van der Waals surface area contributed by atoms with Crippen molar-refractivity contribution in [3.05, 3.63) is 27.7 Å². The normalized spacial score (nSPS) is 18.4. The molecule has 3 N–H and O–H groups in total. The van der Waals surface area contributed by atoms with Crippen LogP contribution in [0.25, 0.3) is 0 Å². The summed E-state index contributed by atoms with van der Waals surface area (Å²) in [5, 5.41) is 2.64. The smallest absolute Gasteiger partial charge is 0.254 e. The molecule has 114 valence electrons. The van der Waals surface area contributed by atoms with Crippen molar-refractivity contribution >= 4 is 33.4 Å². The Morgan fingerprint density at radius 1 is 1.38 bits per heavy atom. The molecule has 2 amide bonds. The lowest BCUT2D eigenvalue weighted by Gasteiger charge is -2.35. The highest BCUT2D eigenvalue weighted by atomic mass is 79.9. The highest BCUT2D eigenvalue weighted by Crippen LogP contribution is 2.26. The highest BCUT2D eigenvalue weighted by molar-refractivity contribution is 9.10. The summed E-state index contributed by atoms with van der Waals surface area (Å²) in [6.07, 6.45) is 2.58. The molecule has 0 bridgehead atoms. The van der Waals surface area contributed by atoms with Crippen molar-refractivity contribution in [2.75, 3.05) is 19.3 Å². The molecule has 1 unspecified atom stereocenters. The number of anilines is 1. The molecule has 5 nitrogen and oxygen atoms in total. The molecule has 1 aliphatic heterocycles. The Balaban J connectivity index is 2.35. The van der Waals surface area contributed by atoms with E-state index in [1.165, 1.54) is 0 Å². The molecule has 0 radical (unpaired) electrons. The summed E-state index contributed by atoms with van der Waals surface area (Å²) in [4.78, 5) is 26.5. The number of rotatable bonds is 2. The molecule has 1 aliphatic rings. The van der Waals surface area contributed by atoms with Crippen molar-refractivity contribution in [3.8, 4) is 0 Å². The number of piperidine rings is 1. The SMILES string of the molecule is CNC(=O)C1CCCCN1C(=O)c1cc(Br)cc(N)c1C. The molecule has 1 aromatic rings. The van der Waals surface area contributed by atoms with Gasteiger partial charge in [0.2, 0.25) is 5.91 Å². The van der Waals surface area contributed by atoms with Crippen LogP contribution in [0.4, 0.5) is 5.69 Å². The van der Waals surface area contributed by atoms with Crippen molar-refractivity contribution in [3.63, 3.8) is 0 Å². The molecular formula is C15H20BrN3O2. The molecule has 0 saturated carbocycles. The highest BCUT2D eigenvalue weighted by Gasteiger charge is 2.32. The zero-order valence-corrected chi connectivity index (χ0v) is 13.9. The van der Waals surface area contributed by atoms with Crippen molar-refractivity contribution in [1.82, 2.24) is 10.2 Å². The van der Waals surface area contributed by atoms with E-state index in [1.807, 2.05) is 6.92 Å². The number of likely N-dealkylation sites (N-methyl/N-ethyl adjacent to an activating group) is 1. The molecule has 21 heavy (non-hydrogen) atoms. The third kappa shape index (κ3) is 3.20. The largest absolute Gasteiger partial charge is 0.398 e. The van der Waals surface area contributed by atoms with Gasteiger partial charge >= 0.3 is 0 Å². The van der Waals surface area contributed by atoms with E-state index in [9.17, 15) is 9.59 Å². The lowest BCUT2D eigenvalue weighted by atomic mass is 9.98. The summed E-state index contributed by atoms with van der Waals surface area (Å²) >= 11 is 3.37. The quantitative estimate of drug-likeness (QED) is 0.799. The van der Waals surface area contributed by atoms with Gasteiger partial charge in [-0.15, -0.1) is 0 Å². The number of halogens is 1. The second-order valence-electron chi connectivity index (χ2n) is 5.29. The van der Waals surface area contributed by atoms with E-state index in [0.717, 1.165) is 22.9 Å². The maximum atomic E-state index is 12.8. The zero-order chi connectivity index (χ0) is 15.6. The van der Waals surface area contributed by atoms with Crippen LogP contribution in [0.15, 0.2) is 16.6 Å². The molecule has 0 spiro atoms. The van der Waals surface area contributed by atoms with E-state index >= 15 is 0 Å². The Kier molecular flexibility index (Phi) is 4.88. The van der Waals surface area contributed by atoms with Gasteiger partial charge in [0.25, 0.3) is 5.91 Å². The van der Waals surface area contributed by atoms with E-state index in [2.05, 4.69) is 21.2 Å². The number of nitrogens with zero attached hydrogens (tertiary/aromatic N) is 1. The summed E-state index contributed by atoms with van der Waals surface area (Å²) in [7, 11) is 1.60. The molecule has 2 rings (SSSR count). The number of likely N-dealkylation sites (tertiary alicyclic amines) is 1. The van der Waals surface area contributed by atoms with Crippen LogP contribution >= 0.6 is 15.9 Å². The van der Waals surface area contributed by atoms with Crippen LogP contribution in [0.3, 0.4) is 0 Å². The number of amides is 2. The standard InChI is InChI=1S/C15H20BrN3O2/c1-9-11(7-10(16)8-12(9)17)15(21)19-6-4-3-5-13(19)14(20)18-2/h7-8,13H,3-6,17H2,1-2H3,(H,18,20). The third-order valence-electron chi connectivity index (χ3n) is 3.96. The van der Waals surface area contributed by atoms with Crippen LogP contribution in [0.5, 0.6) is 0 Å². The molecule has 1 heterocycles. The molecular weight excluding hydrogens is 334 g/mol. The van der Waals surface area contributed by atoms with E-state index in [0.29, 0.717) is 24.2 Å². The topological polar surface area (TPSA) is 75.4 Å². The fraction of sp³-hybridized carbons (Fsp3) is 0.467. The Morgan fingerprint density at radius 2 is 2.10 bits per heavy atom. The number of nitrogens with two attached hydrogens (primary N) is 1. The predicted octanol–water partition coefficient (Wildman–Crippen LogP) is 2.08. The van der Waals surface area contributed by atoms with Crippen molar-refractivity contribution in [2.45, 2.75) is 32.2 Å². The molecule has 6 heteroatoms. The number of hydrogen-bond donors (Lipinski definition) is 2. The number of carbonyl (C=O) groups is 2. The third-order valence-corrected chi connectivity index (χ3v) is 4.41. The molecule has 0 aliphatic carbocycles. The average molecular weight is 354 g/mol. The summed E-state index contributed by atoms with van der Waals surface area (Å²) in [5.41, 5.74) is 7.81. The van der Waals surface area contributed by atoms with Gasteiger partial charge in [-0.3, -0.25) is 9.59 Å². The lowest BCUT2D eigenvalue weighted by Crippen LogP contribution is -2.51. The number of carbonyl (C=O) groups excluding carboxylic acids is 2. The minimum atomic E-state index is -0.393. The number of hydrogen-bond acceptors (Lipinski definition) is 3. The summed E-state index contributed by atoms with van der Waals surface area (Å²) in [5.74, 6) is -0.238. The Hall–Kier alpha value is -1.56. The maximum Gasteiger partial charge on any atom is 0.254 e. The Morgan fingerprint density at radius 3 is 2.76 bits per heavy atom. The molecule has 0 aromatic heterocycles. The van der Waals surface area contributed by atoms with Crippen LogP contribution < -0.4 is 11.1 Å². The van der Waals surface area contributed by atoms with Crippen LogP contribution in [-0.2, 0) is 4.79 Å². The molecule has 1 fully saturated rings. The van der Waals surface area contributed by atoms with Crippen molar-refractivity contribution in [1.29, 1.82) is 0 Å². The Labute approximate surface area is 133 Å². The first-order valence-electron chi connectivity index (χ1n) is 7.04. The van der Waals surface area contributed by atoms with Crippen molar-refractivity contribution in [2.24, 2.45) is 0 Å². The minimum Gasteiger partial charge on any atom is -0.398 e. The van der Waals surface area contributed by atoms with Gasteiger partial charge in [0, 0.05) is 29.3 Å². The van der Waals surface area contributed by atoms with Gasteiger partial charge in [0.05, 0.1) is 0 Å².